The molecule has 2 amide bonds. The predicted molar refractivity (Wildman–Crippen MR) is 131 cm³/mol. The SMILES string of the molecule is COc1c(C[C@H](CO)NC(=O)OC(C)(C)C)sc2c(N(Cc3cccs3)C(=O)O)nc(Cl)nc12. The quantitative estimate of drug-likeness (QED) is 0.363. The summed E-state index contributed by atoms with van der Waals surface area (Å²) in [6.45, 7) is 4.96. The summed E-state index contributed by atoms with van der Waals surface area (Å²) in [5.41, 5.74) is -0.340. The van der Waals surface area contributed by atoms with Gasteiger partial charge >= 0.3 is 12.2 Å². The topological polar surface area (TPSA) is 134 Å². The molecule has 1 atom stereocenters. The zero-order valence-corrected chi connectivity index (χ0v) is 21.4. The van der Waals surface area contributed by atoms with Gasteiger partial charge in [0.05, 0.1) is 31.2 Å². The van der Waals surface area contributed by atoms with Crippen molar-refractivity contribution in [1.82, 2.24) is 15.3 Å². The molecule has 3 rings (SSSR count). The first-order valence-electron chi connectivity index (χ1n) is 10.2. The molecular formula is C21H25ClN4O6S2. The summed E-state index contributed by atoms with van der Waals surface area (Å²) in [5, 5.41) is 24.1. The van der Waals surface area contributed by atoms with Crippen molar-refractivity contribution in [2.75, 3.05) is 18.6 Å². The molecule has 3 N–H and O–H groups in total. The van der Waals surface area contributed by atoms with Crippen LogP contribution in [0, 0.1) is 0 Å². The third-order valence-corrected chi connectivity index (χ3v) is 6.68. The standard InChI is InChI=1S/C21H25ClN4O6S2/c1-21(2,3)32-19(28)23-11(10-27)8-13-15(31-4)14-16(34-13)17(25-18(22)24-14)26(20(29)30)9-12-6-5-7-33-12/h5-7,11,27H,8-10H2,1-4H3,(H,23,28)(H,29,30)/t11-/m1/s1. The van der Waals surface area contributed by atoms with E-state index in [1.54, 1.807) is 20.8 Å². The van der Waals surface area contributed by atoms with Crippen molar-refractivity contribution in [2.45, 2.75) is 45.4 Å². The molecule has 0 aromatic carbocycles. The number of fused-ring (bicyclic) bond motifs is 1. The van der Waals surface area contributed by atoms with Crippen LogP contribution in [0.3, 0.4) is 0 Å². The molecule has 184 valence electrons. The molecule has 0 unspecified atom stereocenters. The molecule has 0 aliphatic rings. The van der Waals surface area contributed by atoms with Gasteiger partial charge in [-0.05, 0) is 43.8 Å². The first kappa shape index (κ1) is 25.9. The molecule has 34 heavy (non-hydrogen) atoms. The summed E-state index contributed by atoms with van der Waals surface area (Å²) >= 11 is 8.79. The van der Waals surface area contributed by atoms with Gasteiger partial charge in [-0.2, -0.15) is 4.98 Å². The molecule has 3 heterocycles. The minimum absolute atomic E-state index is 0.0878. The summed E-state index contributed by atoms with van der Waals surface area (Å²) in [7, 11) is 1.45. The van der Waals surface area contributed by atoms with E-state index < -0.39 is 23.8 Å². The number of nitrogens with one attached hydrogen (secondary N) is 1. The Morgan fingerprint density at radius 3 is 2.62 bits per heavy atom. The molecule has 0 saturated heterocycles. The van der Waals surface area contributed by atoms with Crippen LogP contribution in [0.15, 0.2) is 17.5 Å². The van der Waals surface area contributed by atoms with Gasteiger partial charge in [0.1, 0.15) is 15.8 Å². The number of alkyl carbamates (subject to hydrolysis) is 1. The lowest BCUT2D eigenvalue weighted by atomic mass is 10.1. The van der Waals surface area contributed by atoms with Gasteiger partial charge in [0.2, 0.25) is 5.28 Å². The lowest BCUT2D eigenvalue weighted by Gasteiger charge is -2.22. The van der Waals surface area contributed by atoms with Gasteiger partial charge in [0.25, 0.3) is 0 Å². The fraction of sp³-hybridized carbons (Fsp3) is 0.429. The third kappa shape index (κ3) is 6.26. The maximum Gasteiger partial charge on any atom is 0.413 e. The number of anilines is 1. The number of hydrogen-bond donors (Lipinski definition) is 3. The number of amides is 2. The van der Waals surface area contributed by atoms with E-state index in [1.165, 1.54) is 29.8 Å². The van der Waals surface area contributed by atoms with Crippen molar-refractivity contribution in [3.05, 3.63) is 32.6 Å². The lowest BCUT2D eigenvalue weighted by molar-refractivity contribution is 0.0483. The van der Waals surface area contributed by atoms with Gasteiger partial charge in [-0.3, -0.25) is 4.90 Å². The Labute approximate surface area is 209 Å². The number of aromatic nitrogens is 2. The number of carbonyl (C=O) groups is 2. The van der Waals surface area contributed by atoms with Crippen molar-refractivity contribution < 1.29 is 29.3 Å². The molecule has 0 radical (unpaired) electrons. The number of halogens is 1. The Bertz CT molecular complexity index is 1160. The van der Waals surface area contributed by atoms with Crippen LogP contribution < -0.4 is 15.0 Å². The molecule has 0 bridgehead atoms. The Morgan fingerprint density at radius 1 is 1.32 bits per heavy atom. The second-order valence-corrected chi connectivity index (χ2v) is 10.7. The summed E-state index contributed by atoms with van der Waals surface area (Å²) in [5.74, 6) is 0.502. The molecule has 3 aromatic heterocycles. The van der Waals surface area contributed by atoms with E-state index in [9.17, 15) is 19.8 Å². The number of rotatable bonds is 8. The van der Waals surface area contributed by atoms with Crippen molar-refractivity contribution in [3.63, 3.8) is 0 Å². The second kappa shape index (κ2) is 10.7. The monoisotopic (exact) mass is 528 g/mol. The van der Waals surface area contributed by atoms with E-state index in [4.69, 9.17) is 21.1 Å². The van der Waals surface area contributed by atoms with Crippen LogP contribution in [0.25, 0.3) is 10.2 Å². The highest BCUT2D eigenvalue weighted by atomic mass is 35.5. The first-order valence-corrected chi connectivity index (χ1v) is 12.3. The van der Waals surface area contributed by atoms with Gasteiger partial charge < -0.3 is 25.0 Å². The highest BCUT2D eigenvalue weighted by Crippen LogP contribution is 2.42. The predicted octanol–water partition coefficient (Wildman–Crippen LogP) is 4.53. The number of aliphatic hydroxyl groups excluding tert-OH is 1. The Kier molecular flexibility index (Phi) is 8.18. The van der Waals surface area contributed by atoms with Gasteiger partial charge in [-0.1, -0.05) is 6.07 Å². The number of carbonyl (C=O) groups excluding carboxylic acids is 1. The molecule has 0 aliphatic carbocycles. The van der Waals surface area contributed by atoms with Crippen LogP contribution in [-0.2, 0) is 17.7 Å². The fourth-order valence-electron chi connectivity index (χ4n) is 3.14. The Hall–Kier alpha value is -2.67. The molecule has 0 fully saturated rings. The number of thiophene rings is 2. The number of nitrogens with zero attached hydrogens (tertiary/aromatic N) is 3. The van der Waals surface area contributed by atoms with E-state index in [0.717, 1.165) is 9.78 Å². The van der Waals surface area contributed by atoms with Crippen molar-refractivity contribution in [2.24, 2.45) is 0 Å². The van der Waals surface area contributed by atoms with Crippen LogP contribution in [0.1, 0.15) is 30.5 Å². The maximum atomic E-state index is 12.2. The molecule has 0 spiro atoms. The molecule has 3 aromatic rings. The largest absolute Gasteiger partial charge is 0.493 e. The number of aliphatic hydroxyl groups is 1. The van der Waals surface area contributed by atoms with Crippen LogP contribution in [0.2, 0.25) is 5.28 Å². The summed E-state index contributed by atoms with van der Waals surface area (Å²) in [6, 6.07) is 2.99. The lowest BCUT2D eigenvalue weighted by Crippen LogP contribution is -2.42. The van der Waals surface area contributed by atoms with Crippen LogP contribution in [0.5, 0.6) is 5.75 Å². The highest BCUT2D eigenvalue weighted by molar-refractivity contribution is 7.20. The number of carboxylic acid groups (broad SMARTS) is 1. The minimum Gasteiger partial charge on any atom is -0.493 e. The van der Waals surface area contributed by atoms with Crippen molar-refractivity contribution in [1.29, 1.82) is 0 Å². The summed E-state index contributed by atoms with van der Waals surface area (Å²) < 4.78 is 11.3. The van der Waals surface area contributed by atoms with Gasteiger partial charge in [-0.15, -0.1) is 22.7 Å². The molecule has 0 saturated carbocycles. The maximum absolute atomic E-state index is 12.2. The van der Waals surface area contributed by atoms with Gasteiger partial charge in [-0.25, -0.2) is 14.6 Å². The fourth-order valence-corrected chi connectivity index (χ4v) is 5.28. The average molecular weight is 529 g/mol. The second-order valence-electron chi connectivity index (χ2n) is 8.23. The first-order chi connectivity index (χ1) is 16.0. The van der Waals surface area contributed by atoms with E-state index in [2.05, 4.69) is 15.3 Å². The van der Waals surface area contributed by atoms with Crippen LogP contribution >= 0.6 is 34.3 Å². The highest BCUT2D eigenvalue weighted by Gasteiger charge is 2.28. The number of ether oxygens (including phenoxy) is 2. The van der Waals surface area contributed by atoms with Gasteiger partial charge in [0, 0.05) is 11.3 Å². The zero-order valence-electron chi connectivity index (χ0n) is 19.0. The summed E-state index contributed by atoms with van der Waals surface area (Å²) in [4.78, 5) is 35.3. The Morgan fingerprint density at radius 2 is 2.06 bits per heavy atom. The number of hydrogen-bond acceptors (Lipinski definition) is 9. The van der Waals surface area contributed by atoms with Crippen molar-refractivity contribution in [3.8, 4) is 5.75 Å². The zero-order chi connectivity index (χ0) is 25.0. The van der Waals surface area contributed by atoms with E-state index in [-0.39, 0.29) is 30.7 Å². The summed E-state index contributed by atoms with van der Waals surface area (Å²) in [6.07, 6.45) is -1.67. The normalized spacial score (nSPS) is 12.4. The van der Waals surface area contributed by atoms with E-state index >= 15 is 0 Å². The van der Waals surface area contributed by atoms with E-state index in [0.29, 0.717) is 20.8 Å². The molecular weight excluding hydrogens is 504 g/mol. The van der Waals surface area contributed by atoms with E-state index in [1.807, 2.05) is 17.5 Å². The molecule has 0 aliphatic heterocycles. The Balaban J connectivity index is 1.99. The average Bonchev–Trinajstić information content (AvgIpc) is 3.36. The van der Waals surface area contributed by atoms with Crippen molar-refractivity contribution >= 4 is 62.5 Å². The molecule has 13 heteroatoms. The third-order valence-electron chi connectivity index (χ3n) is 4.47. The smallest absolute Gasteiger partial charge is 0.413 e. The molecule has 10 nitrogen and oxygen atoms in total. The minimum atomic E-state index is -1.20. The number of methoxy groups -OCH3 is 1. The van der Waals surface area contributed by atoms with Crippen LogP contribution in [0.4, 0.5) is 15.4 Å². The van der Waals surface area contributed by atoms with Gasteiger partial charge in [0.15, 0.2) is 11.6 Å². The van der Waals surface area contributed by atoms with Crippen LogP contribution in [-0.4, -0.2) is 57.7 Å².